The van der Waals surface area contributed by atoms with Gasteiger partial charge in [-0.15, -0.1) is 0 Å². The van der Waals surface area contributed by atoms with Gasteiger partial charge in [0.25, 0.3) is 5.91 Å². The van der Waals surface area contributed by atoms with Crippen molar-refractivity contribution in [3.8, 4) is 5.75 Å². The second-order valence-electron chi connectivity index (χ2n) is 5.61. The number of hydrogen-bond acceptors (Lipinski definition) is 3. The topological polar surface area (TPSA) is 55.6 Å². The van der Waals surface area contributed by atoms with Gasteiger partial charge in [-0.05, 0) is 30.9 Å². The van der Waals surface area contributed by atoms with Gasteiger partial charge in [-0.2, -0.15) is 0 Å². The number of rotatable bonds is 2. The molecule has 0 saturated carbocycles. The predicted molar refractivity (Wildman–Crippen MR) is 72.9 cm³/mol. The average molecular weight is 260 g/mol. The second kappa shape index (κ2) is 4.85. The number of ether oxygens (including phenoxy) is 1. The Labute approximate surface area is 113 Å². The lowest BCUT2D eigenvalue weighted by Crippen LogP contribution is -2.41. The first kappa shape index (κ1) is 12.5. The number of nitrogens with zero attached hydrogens (tertiary/aromatic N) is 1. The van der Waals surface area contributed by atoms with Gasteiger partial charge >= 0.3 is 0 Å². The van der Waals surface area contributed by atoms with Crippen LogP contribution in [0.2, 0.25) is 0 Å². The summed E-state index contributed by atoms with van der Waals surface area (Å²) in [6, 6.07) is 8.03. The minimum Gasteiger partial charge on any atom is -0.480 e. The second-order valence-corrected chi connectivity index (χ2v) is 5.61. The number of amides is 1. The summed E-state index contributed by atoms with van der Waals surface area (Å²) in [6.07, 6.45) is 1.35. The van der Waals surface area contributed by atoms with Crippen molar-refractivity contribution < 1.29 is 9.53 Å². The van der Waals surface area contributed by atoms with Crippen LogP contribution < -0.4 is 10.5 Å². The molecule has 0 spiro atoms. The van der Waals surface area contributed by atoms with E-state index in [0.717, 1.165) is 30.8 Å². The molecule has 0 bridgehead atoms. The zero-order valence-electron chi connectivity index (χ0n) is 11.2. The quantitative estimate of drug-likeness (QED) is 0.869. The van der Waals surface area contributed by atoms with Crippen molar-refractivity contribution in [2.45, 2.75) is 31.9 Å². The molecule has 1 amide bonds. The highest BCUT2D eigenvalue weighted by Gasteiger charge is 2.36. The lowest BCUT2D eigenvalue weighted by Gasteiger charge is -2.21. The molecule has 1 aromatic rings. The van der Waals surface area contributed by atoms with Crippen molar-refractivity contribution in [1.29, 1.82) is 0 Å². The van der Waals surface area contributed by atoms with Gasteiger partial charge in [0.15, 0.2) is 6.10 Å². The number of hydrogen-bond donors (Lipinski definition) is 1. The summed E-state index contributed by atoms with van der Waals surface area (Å²) in [4.78, 5) is 14.4. The molecule has 102 valence electrons. The number of benzene rings is 1. The van der Waals surface area contributed by atoms with E-state index in [1.54, 1.807) is 0 Å². The minimum atomic E-state index is -0.343. The van der Waals surface area contributed by atoms with Crippen LogP contribution in [-0.2, 0) is 11.2 Å². The van der Waals surface area contributed by atoms with Crippen molar-refractivity contribution in [2.75, 3.05) is 13.1 Å². The third-order valence-corrected chi connectivity index (χ3v) is 4.20. The molecule has 1 fully saturated rings. The fourth-order valence-electron chi connectivity index (χ4n) is 2.94. The Morgan fingerprint density at radius 1 is 1.47 bits per heavy atom. The Morgan fingerprint density at radius 2 is 2.26 bits per heavy atom. The van der Waals surface area contributed by atoms with Crippen molar-refractivity contribution in [2.24, 2.45) is 11.7 Å². The first-order valence-electron chi connectivity index (χ1n) is 6.94. The summed E-state index contributed by atoms with van der Waals surface area (Å²) in [5, 5.41) is 0. The van der Waals surface area contributed by atoms with Gasteiger partial charge in [0, 0.05) is 25.6 Å². The Balaban J connectivity index is 1.64. The van der Waals surface area contributed by atoms with Gasteiger partial charge in [0.2, 0.25) is 0 Å². The first-order chi connectivity index (χ1) is 9.15. The number of carbonyl (C=O) groups is 1. The monoisotopic (exact) mass is 260 g/mol. The van der Waals surface area contributed by atoms with Gasteiger partial charge in [0.1, 0.15) is 5.75 Å². The van der Waals surface area contributed by atoms with Gasteiger partial charge in [-0.3, -0.25) is 4.79 Å². The van der Waals surface area contributed by atoms with Gasteiger partial charge < -0.3 is 15.4 Å². The largest absolute Gasteiger partial charge is 0.480 e. The van der Waals surface area contributed by atoms with Crippen molar-refractivity contribution in [3.05, 3.63) is 29.8 Å². The SMILES string of the molecule is CC(N)C1CCN(C(=O)C2Cc3ccccc3O2)C1. The van der Waals surface area contributed by atoms with E-state index in [9.17, 15) is 4.79 Å². The molecule has 3 unspecified atom stereocenters. The van der Waals surface area contributed by atoms with Crippen LogP contribution in [0.1, 0.15) is 18.9 Å². The lowest BCUT2D eigenvalue weighted by molar-refractivity contribution is -0.137. The number of nitrogens with two attached hydrogens (primary N) is 1. The lowest BCUT2D eigenvalue weighted by atomic mass is 10.0. The number of fused-ring (bicyclic) bond motifs is 1. The maximum absolute atomic E-state index is 12.4. The summed E-state index contributed by atoms with van der Waals surface area (Å²) < 4.78 is 5.75. The van der Waals surface area contributed by atoms with Gasteiger partial charge in [0.05, 0.1) is 0 Å². The highest BCUT2D eigenvalue weighted by Crippen LogP contribution is 2.30. The van der Waals surface area contributed by atoms with E-state index in [-0.39, 0.29) is 18.1 Å². The molecular weight excluding hydrogens is 240 g/mol. The molecule has 0 aromatic heterocycles. The number of carbonyl (C=O) groups excluding carboxylic acids is 1. The molecule has 3 rings (SSSR count). The molecule has 0 aliphatic carbocycles. The van der Waals surface area contributed by atoms with Crippen LogP contribution >= 0.6 is 0 Å². The predicted octanol–water partition coefficient (Wildman–Crippen LogP) is 1.19. The fourth-order valence-corrected chi connectivity index (χ4v) is 2.94. The summed E-state index contributed by atoms with van der Waals surface area (Å²) in [5.74, 6) is 1.39. The fraction of sp³-hybridized carbons (Fsp3) is 0.533. The van der Waals surface area contributed by atoms with Crippen LogP contribution in [0, 0.1) is 5.92 Å². The molecule has 3 atom stereocenters. The molecule has 2 heterocycles. The van der Waals surface area contributed by atoms with Crippen LogP contribution in [0.25, 0.3) is 0 Å². The van der Waals surface area contributed by atoms with Crippen LogP contribution in [-0.4, -0.2) is 36.0 Å². The molecule has 19 heavy (non-hydrogen) atoms. The average Bonchev–Trinajstić information content (AvgIpc) is 3.04. The molecule has 2 aliphatic rings. The summed E-state index contributed by atoms with van der Waals surface area (Å²) in [7, 11) is 0. The maximum Gasteiger partial charge on any atom is 0.264 e. The summed E-state index contributed by atoms with van der Waals surface area (Å²) in [6.45, 7) is 3.59. The first-order valence-corrected chi connectivity index (χ1v) is 6.94. The van der Waals surface area contributed by atoms with E-state index in [1.807, 2.05) is 36.1 Å². The molecule has 0 radical (unpaired) electrons. The standard InChI is InChI=1S/C15H20N2O2/c1-10(16)12-6-7-17(9-12)15(18)14-8-11-4-2-3-5-13(11)19-14/h2-5,10,12,14H,6-9,16H2,1H3. The molecule has 4 nitrogen and oxygen atoms in total. The number of likely N-dealkylation sites (tertiary alicyclic amines) is 1. The Kier molecular flexibility index (Phi) is 3.19. The van der Waals surface area contributed by atoms with E-state index < -0.39 is 0 Å². The summed E-state index contributed by atoms with van der Waals surface area (Å²) >= 11 is 0. The summed E-state index contributed by atoms with van der Waals surface area (Å²) in [5.41, 5.74) is 7.04. The van der Waals surface area contributed by atoms with E-state index in [1.165, 1.54) is 0 Å². The van der Waals surface area contributed by atoms with E-state index >= 15 is 0 Å². The van der Waals surface area contributed by atoms with Crippen LogP contribution in [0.15, 0.2) is 24.3 Å². The van der Waals surface area contributed by atoms with Gasteiger partial charge in [-0.25, -0.2) is 0 Å². The molecule has 4 heteroatoms. The maximum atomic E-state index is 12.4. The minimum absolute atomic E-state index is 0.111. The normalized spacial score (nSPS) is 26.9. The molecule has 2 N–H and O–H groups in total. The highest BCUT2D eigenvalue weighted by molar-refractivity contribution is 5.83. The van der Waals surface area contributed by atoms with E-state index in [0.29, 0.717) is 12.3 Å². The molecule has 1 aromatic carbocycles. The molecular formula is C15H20N2O2. The smallest absolute Gasteiger partial charge is 0.264 e. The zero-order chi connectivity index (χ0) is 13.4. The van der Waals surface area contributed by atoms with Crippen molar-refractivity contribution in [3.63, 3.8) is 0 Å². The zero-order valence-corrected chi connectivity index (χ0v) is 11.2. The van der Waals surface area contributed by atoms with E-state index in [2.05, 4.69) is 0 Å². The molecule has 1 saturated heterocycles. The van der Waals surface area contributed by atoms with Crippen molar-refractivity contribution in [1.82, 2.24) is 4.90 Å². The Morgan fingerprint density at radius 3 is 2.95 bits per heavy atom. The van der Waals surface area contributed by atoms with E-state index in [4.69, 9.17) is 10.5 Å². The highest BCUT2D eigenvalue weighted by atomic mass is 16.5. The Bertz CT molecular complexity index is 462. The number of para-hydroxylation sites is 1. The molecule has 2 aliphatic heterocycles. The van der Waals surface area contributed by atoms with Crippen LogP contribution in [0.5, 0.6) is 5.75 Å². The van der Waals surface area contributed by atoms with Gasteiger partial charge in [-0.1, -0.05) is 18.2 Å². The third-order valence-electron chi connectivity index (χ3n) is 4.20. The Hall–Kier alpha value is -1.55. The van der Waals surface area contributed by atoms with Crippen LogP contribution in [0.4, 0.5) is 0 Å². The van der Waals surface area contributed by atoms with Crippen LogP contribution in [0.3, 0.4) is 0 Å². The third kappa shape index (κ3) is 2.32. The van der Waals surface area contributed by atoms with Crippen molar-refractivity contribution >= 4 is 5.91 Å².